The average molecular weight is 400 g/mol. The number of amides is 1. The second-order valence-electron chi connectivity index (χ2n) is 7.22. The molecular formula is C18H25NO5S2. The topological polar surface area (TPSA) is 88.6 Å². The Balaban J connectivity index is 1.82. The first-order valence-electron chi connectivity index (χ1n) is 9.05. The lowest BCUT2D eigenvalue weighted by Gasteiger charge is -2.44. The third-order valence-electron chi connectivity index (χ3n) is 5.66. The molecule has 2 aliphatic rings. The van der Waals surface area contributed by atoms with E-state index in [2.05, 4.69) is 0 Å². The van der Waals surface area contributed by atoms with Gasteiger partial charge in [0.1, 0.15) is 0 Å². The second-order valence-corrected chi connectivity index (χ2v) is 12.0. The summed E-state index contributed by atoms with van der Waals surface area (Å²) in [5, 5.41) is 0. The van der Waals surface area contributed by atoms with Gasteiger partial charge in [0, 0.05) is 18.7 Å². The highest BCUT2D eigenvalue weighted by atomic mass is 32.2. The summed E-state index contributed by atoms with van der Waals surface area (Å²) in [4.78, 5) is 14.7. The van der Waals surface area contributed by atoms with E-state index in [1.54, 1.807) is 11.8 Å². The smallest absolute Gasteiger partial charge is 0.253 e. The van der Waals surface area contributed by atoms with Crippen LogP contribution < -0.4 is 0 Å². The lowest BCUT2D eigenvalue weighted by atomic mass is 9.87. The molecule has 1 spiro atoms. The van der Waals surface area contributed by atoms with Gasteiger partial charge in [0.05, 0.1) is 21.1 Å². The molecule has 0 radical (unpaired) electrons. The molecule has 144 valence electrons. The van der Waals surface area contributed by atoms with E-state index in [9.17, 15) is 21.6 Å². The quantitative estimate of drug-likeness (QED) is 0.776. The molecule has 1 aromatic carbocycles. The Bertz CT molecular complexity index is 882. The van der Waals surface area contributed by atoms with Crippen LogP contribution in [0.15, 0.2) is 29.2 Å². The van der Waals surface area contributed by atoms with E-state index in [1.165, 1.54) is 24.3 Å². The van der Waals surface area contributed by atoms with E-state index in [1.807, 2.05) is 0 Å². The molecule has 1 heterocycles. The van der Waals surface area contributed by atoms with Crippen molar-refractivity contribution in [2.45, 2.75) is 48.7 Å². The Morgan fingerprint density at radius 3 is 2.31 bits per heavy atom. The molecular weight excluding hydrogens is 374 g/mol. The van der Waals surface area contributed by atoms with Crippen LogP contribution in [-0.2, 0) is 19.7 Å². The third kappa shape index (κ3) is 3.41. The Morgan fingerprint density at radius 1 is 1.12 bits per heavy atom. The van der Waals surface area contributed by atoms with Crippen molar-refractivity contribution in [2.24, 2.45) is 0 Å². The highest BCUT2D eigenvalue weighted by molar-refractivity contribution is 7.93. The SMILES string of the molecule is CCS(=O)(=O)c1ccc(C(=O)N2CCS(=O)(=O)C3(CCCCC3)C2)cc1. The van der Waals surface area contributed by atoms with E-state index in [0.717, 1.165) is 19.3 Å². The zero-order valence-corrected chi connectivity index (χ0v) is 16.6. The summed E-state index contributed by atoms with van der Waals surface area (Å²) in [6, 6.07) is 5.93. The predicted molar refractivity (Wildman–Crippen MR) is 99.7 cm³/mol. The van der Waals surface area contributed by atoms with Crippen LogP contribution in [0.3, 0.4) is 0 Å². The van der Waals surface area contributed by atoms with E-state index < -0.39 is 24.4 Å². The van der Waals surface area contributed by atoms with Gasteiger partial charge < -0.3 is 4.90 Å². The van der Waals surface area contributed by atoms with E-state index in [-0.39, 0.29) is 35.4 Å². The molecule has 8 heteroatoms. The zero-order chi connectivity index (χ0) is 19.0. The summed E-state index contributed by atoms with van der Waals surface area (Å²) >= 11 is 0. The van der Waals surface area contributed by atoms with Gasteiger partial charge in [-0.1, -0.05) is 26.2 Å². The van der Waals surface area contributed by atoms with Gasteiger partial charge in [-0.2, -0.15) is 0 Å². The van der Waals surface area contributed by atoms with Crippen molar-refractivity contribution in [2.75, 3.05) is 24.6 Å². The maximum Gasteiger partial charge on any atom is 0.253 e. The van der Waals surface area contributed by atoms with Crippen molar-refractivity contribution in [1.29, 1.82) is 0 Å². The standard InChI is InChI=1S/C18H25NO5S2/c1-2-25(21,22)16-8-6-15(7-9-16)17(20)19-12-13-26(23,24)18(14-19)10-4-3-5-11-18/h6-9H,2-5,10-14H2,1H3. The molecule has 0 N–H and O–H groups in total. The largest absolute Gasteiger partial charge is 0.336 e. The van der Waals surface area contributed by atoms with Gasteiger partial charge in [0.2, 0.25) is 0 Å². The Kier molecular flexibility index (Phi) is 5.18. The first kappa shape index (κ1) is 19.4. The van der Waals surface area contributed by atoms with Crippen molar-refractivity contribution >= 4 is 25.6 Å². The lowest BCUT2D eigenvalue weighted by molar-refractivity contribution is 0.0723. The molecule has 0 atom stereocenters. The van der Waals surface area contributed by atoms with Crippen molar-refractivity contribution in [3.8, 4) is 0 Å². The number of nitrogens with zero attached hydrogens (tertiary/aromatic N) is 1. The minimum atomic E-state index is -3.31. The van der Waals surface area contributed by atoms with Crippen molar-refractivity contribution in [3.63, 3.8) is 0 Å². The van der Waals surface area contributed by atoms with Gasteiger partial charge in [0.25, 0.3) is 5.91 Å². The maximum atomic E-state index is 12.8. The maximum absolute atomic E-state index is 12.8. The Morgan fingerprint density at radius 2 is 1.73 bits per heavy atom. The number of carbonyl (C=O) groups is 1. The predicted octanol–water partition coefficient (Wildman–Crippen LogP) is 2.05. The molecule has 6 nitrogen and oxygen atoms in total. The minimum absolute atomic E-state index is 0.00103. The van der Waals surface area contributed by atoms with Crippen LogP contribution in [0.5, 0.6) is 0 Å². The fraction of sp³-hybridized carbons (Fsp3) is 0.611. The highest BCUT2D eigenvalue weighted by Crippen LogP contribution is 2.39. The van der Waals surface area contributed by atoms with Gasteiger partial charge >= 0.3 is 0 Å². The summed E-state index contributed by atoms with van der Waals surface area (Å²) in [6.45, 7) is 2.01. The molecule has 1 aliphatic heterocycles. The molecule has 1 aliphatic carbocycles. The van der Waals surface area contributed by atoms with Crippen molar-refractivity contribution in [1.82, 2.24) is 4.90 Å². The third-order valence-corrected chi connectivity index (χ3v) is 9.99. The Hall–Kier alpha value is -1.41. The molecule has 1 saturated heterocycles. The molecule has 26 heavy (non-hydrogen) atoms. The molecule has 3 rings (SSSR count). The number of sulfone groups is 2. The normalized spacial score (nSPS) is 22.3. The number of hydrogen-bond acceptors (Lipinski definition) is 5. The fourth-order valence-electron chi connectivity index (χ4n) is 3.96. The van der Waals surface area contributed by atoms with E-state index in [4.69, 9.17) is 0 Å². The average Bonchev–Trinajstić information content (AvgIpc) is 2.64. The van der Waals surface area contributed by atoms with Crippen molar-refractivity contribution < 1.29 is 21.6 Å². The van der Waals surface area contributed by atoms with Crippen LogP contribution in [-0.4, -0.2) is 57.0 Å². The van der Waals surface area contributed by atoms with Crippen LogP contribution in [0.25, 0.3) is 0 Å². The van der Waals surface area contributed by atoms with Gasteiger partial charge in [-0.15, -0.1) is 0 Å². The number of carbonyl (C=O) groups excluding carboxylic acids is 1. The molecule has 0 aromatic heterocycles. The fourth-order valence-corrected chi connectivity index (χ4v) is 7.01. The summed E-state index contributed by atoms with van der Waals surface area (Å²) in [5.41, 5.74) is 0.394. The first-order chi connectivity index (χ1) is 12.2. The summed E-state index contributed by atoms with van der Waals surface area (Å²) in [7, 11) is -6.50. The molecule has 1 aromatic rings. The first-order valence-corrected chi connectivity index (χ1v) is 12.4. The second kappa shape index (κ2) is 6.96. The lowest BCUT2D eigenvalue weighted by Crippen LogP contribution is -2.58. The van der Waals surface area contributed by atoms with Gasteiger partial charge in [-0.25, -0.2) is 16.8 Å². The molecule has 1 amide bonds. The molecule has 2 fully saturated rings. The van der Waals surface area contributed by atoms with Crippen LogP contribution in [0, 0.1) is 0 Å². The molecule has 0 unspecified atom stereocenters. The molecule has 0 bridgehead atoms. The summed E-state index contributed by atoms with van der Waals surface area (Å²) in [6.07, 6.45) is 4.04. The number of benzene rings is 1. The van der Waals surface area contributed by atoms with Crippen LogP contribution in [0.2, 0.25) is 0 Å². The van der Waals surface area contributed by atoms with Crippen LogP contribution in [0.4, 0.5) is 0 Å². The van der Waals surface area contributed by atoms with E-state index in [0.29, 0.717) is 18.4 Å². The van der Waals surface area contributed by atoms with Crippen molar-refractivity contribution in [3.05, 3.63) is 29.8 Å². The van der Waals surface area contributed by atoms with Gasteiger partial charge in [0.15, 0.2) is 19.7 Å². The Labute approximate surface area is 155 Å². The summed E-state index contributed by atoms with van der Waals surface area (Å²) < 4.78 is 48.3. The molecule has 1 saturated carbocycles. The monoisotopic (exact) mass is 399 g/mol. The number of rotatable bonds is 3. The van der Waals surface area contributed by atoms with Crippen LogP contribution >= 0.6 is 0 Å². The highest BCUT2D eigenvalue weighted by Gasteiger charge is 2.49. The van der Waals surface area contributed by atoms with Gasteiger partial charge in [-0.05, 0) is 37.1 Å². The van der Waals surface area contributed by atoms with Crippen LogP contribution in [0.1, 0.15) is 49.4 Å². The number of hydrogen-bond donors (Lipinski definition) is 0. The van der Waals surface area contributed by atoms with E-state index >= 15 is 0 Å². The minimum Gasteiger partial charge on any atom is -0.336 e. The summed E-state index contributed by atoms with van der Waals surface area (Å²) in [5.74, 6) is -0.223. The van der Waals surface area contributed by atoms with Gasteiger partial charge in [-0.3, -0.25) is 4.79 Å². The zero-order valence-electron chi connectivity index (χ0n) is 15.0.